The maximum atomic E-state index is 6.10. The van der Waals surface area contributed by atoms with Crippen LogP contribution >= 0.6 is 0 Å². The van der Waals surface area contributed by atoms with Crippen LogP contribution in [-0.2, 0) is 0 Å². The lowest BCUT2D eigenvalue weighted by Gasteiger charge is -2.48. The molecule has 1 heterocycles. The highest BCUT2D eigenvalue weighted by molar-refractivity contribution is 4.93. The van der Waals surface area contributed by atoms with Crippen LogP contribution in [0.3, 0.4) is 0 Å². The Bertz CT molecular complexity index is 244. The van der Waals surface area contributed by atoms with Crippen LogP contribution in [-0.4, -0.2) is 54.6 Å². The fourth-order valence-electron chi connectivity index (χ4n) is 3.49. The highest BCUT2D eigenvalue weighted by atomic mass is 15.3. The molecule has 1 unspecified atom stereocenters. The van der Waals surface area contributed by atoms with Crippen molar-refractivity contribution in [1.29, 1.82) is 0 Å². The summed E-state index contributed by atoms with van der Waals surface area (Å²) >= 11 is 0. The first-order chi connectivity index (χ1) is 8.68. The van der Waals surface area contributed by atoms with E-state index in [0.29, 0.717) is 0 Å². The van der Waals surface area contributed by atoms with E-state index in [-0.39, 0.29) is 5.54 Å². The van der Waals surface area contributed by atoms with E-state index in [1.165, 1.54) is 64.8 Å². The van der Waals surface area contributed by atoms with Crippen molar-refractivity contribution in [2.75, 3.05) is 39.3 Å². The summed E-state index contributed by atoms with van der Waals surface area (Å²) < 4.78 is 0. The lowest BCUT2D eigenvalue weighted by Crippen LogP contribution is -2.59. The van der Waals surface area contributed by atoms with Gasteiger partial charge in [-0.05, 0) is 32.2 Å². The van der Waals surface area contributed by atoms with Crippen LogP contribution in [0.1, 0.15) is 46.0 Å². The average molecular weight is 253 g/mol. The van der Waals surface area contributed by atoms with E-state index >= 15 is 0 Å². The molecule has 1 aliphatic carbocycles. The summed E-state index contributed by atoms with van der Waals surface area (Å²) in [5, 5.41) is 0. The van der Waals surface area contributed by atoms with Gasteiger partial charge in [0.2, 0.25) is 0 Å². The van der Waals surface area contributed by atoms with Gasteiger partial charge < -0.3 is 10.6 Å². The Morgan fingerprint density at radius 2 is 1.83 bits per heavy atom. The first-order valence-electron chi connectivity index (χ1n) is 7.85. The lowest BCUT2D eigenvalue weighted by atomic mass is 9.75. The molecule has 18 heavy (non-hydrogen) atoms. The lowest BCUT2D eigenvalue weighted by molar-refractivity contribution is 0.0231. The fraction of sp³-hybridized carbons (Fsp3) is 1.00. The van der Waals surface area contributed by atoms with Crippen molar-refractivity contribution in [2.45, 2.75) is 51.5 Å². The van der Waals surface area contributed by atoms with Gasteiger partial charge in [0.1, 0.15) is 0 Å². The van der Waals surface area contributed by atoms with Gasteiger partial charge in [-0.3, -0.25) is 4.90 Å². The van der Waals surface area contributed by atoms with E-state index in [0.717, 1.165) is 12.5 Å². The molecular formula is C15H31N3. The summed E-state index contributed by atoms with van der Waals surface area (Å²) in [5.74, 6) is 0.951. The molecule has 2 aliphatic rings. The number of hydrogen-bond acceptors (Lipinski definition) is 3. The zero-order chi connectivity index (χ0) is 13.0. The van der Waals surface area contributed by atoms with Gasteiger partial charge in [-0.15, -0.1) is 0 Å². The van der Waals surface area contributed by atoms with Gasteiger partial charge in [-0.2, -0.15) is 0 Å². The molecule has 0 radical (unpaired) electrons. The fourth-order valence-corrected chi connectivity index (χ4v) is 3.49. The van der Waals surface area contributed by atoms with Crippen LogP contribution in [0.2, 0.25) is 0 Å². The largest absolute Gasteiger partial charge is 0.329 e. The molecule has 1 saturated heterocycles. The summed E-state index contributed by atoms with van der Waals surface area (Å²) in [6.45, 7) is 11.6. The third-order valence-corrected chi connectivity index (χ3v) is 5.07. The first kappa shape index (κ1) is 14.3. The van der Waals surface area contributed by atoms with Crippen LogP contribution in [0.5, 0.6) is 0 Å². The topological polar surface area (TPSA) is 32.5 Å². The van der Waals surface area contributed by atoms with E-state index in [9.17, 15) is 0 Å². The first-order valence-corrected chi connectivity index (χ1v) is 7.85. The molecule has 3 nitrogen and oxygen atoms in total. The van der Waals surface area contributed by atoms with Crippen LogP contribution in [0.4, 0.5) is 0 Å². The van der Waals surface area contributed by atoms with Gasteiger partial charge in [0.05, 0.1) is 0 Å². The quantitative estimate of drug-likeness (QED) is 0.785. The molecule has 1 saturated carbocycles. The molecule has 0 spiro atoms. The molecule has 0 aromatic carbocycles. The van der Waals surface area contributed by atoms with Crippen LogP contribution in [0.25, 0.3) is 0 Å². The second-order valence-corrected chi connectivity index (χ2v) is 6.53. The average Bonchev–Trinajstić information content (AvgIpc) is 2.35. The highest BCUT2D eigenvalue weighted by Gasteiger charge is 2.36. The summed E-state index contributed by atoms with van der Waals surface area (Å²) in [7, 11) is 0. The molecule has 0 amide bonds. The van der Waals surface area contributed by atoms with Gasteiger partial charge >= 0.3 is 0 Å². The van der Waals surface area contributed by atoms with E-state index in [4.69, 9.17) is 5.73 Å². The minimum Gasteiger partial charge on any atom is -0.329 e. The molecular weight excluding hydrogens is 222 g/mol. The van der Waals surface area contributed by atoms with Crippen molar-refractivity contribution in [2.24, 2.45) is 11.7 Å². The van der Waals surface area contributed by atoms with E-state index < -0.39 is 0 Å². The molecule has 2 fully saturated rings. The van der Waals surface area contributed by atoms with Gasteiger partial charge in [0.25, 0.3) is 0 Å². The zero-order valence-corrected chi connectivity index (χ0v) is 12.3. The molecule has 2 N–H and O–H groups in total. The van der Waals surface area contributed by atoms with Crippen molar-refractivity contribution in [3.63, 3.8) is 0 Å². The molecule has 1 aliphatic heterocycles. The summed E-state index contributed by atoms with van der Waals surface area (Å²) in [5.41, 5.74) is 6.36. The Balaban J connectivity index is 1.84. The van der Waals surface area contributed by atoms with Gasteiger partial charge in [-0.25, -0.2) is 0 Å². The Kier molecular flexibility index (Phi) is 5.05. The van der Waals surface area contributed by atoms with E-state index in [1.807, 2.05) is 0 Å². The highest BCUT2D eigenvalue weighted by Crippen LogP contribution is 2.36. The molecule has 3 heteroatoms. The number of nitrogens with zero attached hydrogens (tertiary/aromatic N) is 2. The Labute approximate surface area is 113 Å². The van der Waals surface area contributed by atoms with Crippen molar-refractivity contribution in [3.8, 4) is 0 Å². The standard InChI is InChI=1S/C15H31N3/c1-3-7-17-8-10-18(11-9-17)15(2,13-16)12-14-5-4-6-14/h14H,3-13,16H2,1-2H3. The van der Waals surface area contributed by atoms with E-state index in [2.05, 4.69) is 23.6 Å². The zero-order valence-electron chi connectivity index (χ0n) is 12.3. The number of piperazine rings is 1. The Morgan fingerprint density at radius 3 is 2.28 bits per heavy atom. The minimum atomic E-state index is 0.253. The van der Waals surface area contributed by atoms with Crippen LogP contribution in [0.15, 0.2) is 0 Å². The maximum Gasteiger partial charge on any atom is 0.0307 e. The number of hydrogen-bond donors (Lipinski definition) is 1. The Morgan fingerprint density at radius 1 is 1.17 bits per heavy atom. The second-order valence-electron chi connectivity index (χ2n) is 6.53. The molecule has 106 valence electrons. The van der Waals surface area contributed by atoms with Crippen molar-refractivity contribution in [1.82, 2.24) is 9.80 Å². The predicted octanol–water partition coefficient (Wildman–Crippen LogP) is 1.92. The molecule has 0 bridgehead atoms. The normalized spacial score (nSPS) is 26.8. The van der Waals surface area contributed by atoms with Crippen LogP contribution < -0.4 is 5.73 Å². The van der Waals surface area contributed by atoms with Crippen molar-refractivity contribution in [3.05, 3.63) is 0 Å². The SMILES string of the molecule is CCCN1CCN(C(C)(CN)CC2CCC2)CC1. The molecule has 0 aromatic heterocycles. The van der Waals surface area contributed by atoms with Crippen LogP contribution in [0, 0.1) is 5.92 Å². The third kappa shape index (κ3) is 3.25. The predicted molar refractivity (Wildman–Crippen MR) is 77.7 cm³/mol. The summed E-state index contributed by atoms with van der Waals surface area (Å²) in [6.07, 6.45) is 6.90. The smallest absolute Gasteiger partial charge is 0.0307 e. The molecule has 1 atom stereocenters. The molecule has 0 aromatic rings. The second kappa shape index (κ2) is 6.36. The maximum absolute atomic E-state index is 6.10. The Hall–Kier alpha value is -0.120. The number of rotatable bonds is 6. The van der Waals surface area contributed by atoms with Gasteiger partial charge in [0.15, 0.2) is 0 Å². The number of nitrogens with two attached hydrogens (primary N) is 1. The summed E-state index contributed by atoms with van der Waals surface area (Å²) in [6, 6.07) is 0. The van der Waals surface area contributed by atoms with Crippen molar-refractivity contribution >= 4 is 0 Å². The van der Waals surface area contributed by atoms with Crippen molar-refractivity contribution < 1.29 is 0 Å². The van der Waals surface area contributed by atoms with E-state index in [1.54, 1.807) is 0 Å². The van der Waals surface area contributed by atoms with Gasteiger partial charge in [0, 0.05) is 38.3 Å². The molecule has 2 rings (SSSR count). The monoisotopic (exact) mass is 253 g/mol. The third-order valence-electron chi connectivity index (χ3n) is 5.07. The summed E-state index contributed by atoms with van der Waals surface area (Å²) in [4.78, 5) is 5.26. The minimum absolute atomic E-state index is 0.253. The van der Waals surface area contributed by atoms with Gasteiger partial charge in [-0.1, -0.05) is 26.2 Å².